The second-order valence-electron chi connectivity index (χ2n) is 9.45. The van der Waals surface area contributed by atoms with Crippen LogP contribution < -0.4 is 0 Å². The van der Waals surface area contributed by atoms with Crippen molar-refractivity contribution < 1.29 is 0 Å². The first-order chi connectivity index (χ1) is 17.9. The Morgan fingerprint density at radius 1 is 0.361 bits per heavy atom. The lowest BCUT2D eigenvalue weighted by atomic mass is 9.93. The normalized spacial score (nSPS) is 13.0. The second kappa shape index (κ2) is 6.10. The van der Waals surface area contributed by atoms with Gasteiger partial charge in [-0.3, -0.25) is 0 Å². The van der Waals surface area contributed by atoms with E-state index in [2.05, 4.69) is 103 Å². The summed E-state index contributed by atoms with van der Waals surface area (Å²) in [4.78, 5) is 0. The van der Waals surface area contributed by atoms with Crippen LogP contribution in [-0.4, -0.2) is 13.2 Å². The summed E-state index contributed by atoms with van der Waals surface area (Å²) >= 11 is 5.58. The van der Waals surface area contributed by atoms with E-state index in [4.69, 9.17) is 0 Å². The van der Waals surface area contributed by atoms with Crippen molar-refractivity contribution in [3.63, 3.8) is 0 Å². The summed E-state index contributed by atoms with van der Waals surface area (Å²) in [5.74, 6) is 0. The van der Waals surface area contributed by atoms with Crippen molar-refractivity contribution in [3.8, 4) is 0 Å². The van der Waals surface area contributed by atoms with Crippen LogP contribution in [0.2, 0.25) is 0 Å². The van der Waals surface area contributed by atoms with Crippen molar-refractivity contribution in [3.05, 3.63) is 89.3 Å². The molecule has 6 heteroatoms. The van der Waals surface area contributed by atoms with Crippen LogP contribution in [0.3, 0.4) is 0 Å². The Bertz CT molecular complexity index is 2050. The highest BCUT2D eigenvalue weighted by Crippen LogP contribution is 2.50. The average molecular weight is 514 g/mol. The summed E-state index contributed by atoms with van der Waals surface area (Å²) in [6, 6.07) is 20.3. The predicted molar refractivity (Wildman–Crippen MR) is 158 cm³/mol. The highest BCUT2D eigenvalue weighted by molar-refractivity contribution is 7.20. The quantitative estimate of drug-likeness (QED) is 0.179. The number of nitrogens with zero attached hydrogens (tertiary/aromatic N) is 3. The van der Waals surface area contributed by atoms with E-state index >= 15 is 0 Å². The number of fused-ring (bicyclic) bond motifs is 21. The molecule has 0 unspecified atom stereocenters. The third-order valence-corrected chi connectivity index (χ3v) is 10.7. The summed E-state index contributed by atoms with van der Waals surface area (Å²) in [5.41, 5.74) is 7.71. The Hall–Kier alpha value is -3.84. The first-order valence-electron chi connectivity index (χ1n) is 11.9. The van der Waals surface area contributed by atoms with Crippen molar-refractivity contribution in [2.24, 2.45) is 0 Å². The van der Waals surface area contributed by atoms with E-state index in [9.17, 15) is 0 Å². The van der Waals surface area contributed by atoms with Gasteiger partial charge in [-0.05, 0) is 70.7 Å². The number of pyridine rings is 3. The van der Waals surface area contributed by atoms with Gasteiger partial charge >= 0.3 is 0 Å². The van der Waals surface area contributed by atoms with Gasteiger partial charge in [0.25, 0.3) is 0 Å². The molecule has 0 radical (unpaired) electrons. The molecule has 1 aromatic carbocycles. The molecule has 0 amide bonds. The highest BCUT2D eigenvalue weighted by Gasteiger charge is 2.24. The molecular weight excluding hydrogens is 499 g/mol. The fourth-order valence-electron chi connectivity index (χ4n) is 6.62. The Morgan fingerprint density at radius 2 is 0.694 bits per heavy atom. The molecule has 0 N–H and O–H groups in total. The molecule has 0 spiro atoms. The number of thiophene rings is 3. The molecule has 0 saturated heterocycles. The van der Waals surface area contributed by atoms with Crippen LogP contribution in [0.5, 0.6) is 0 Å². The summed E-state index contributed by atoms with van der Waals surface area (Å²) in [6.07, 6.45) is 6.66. The molecule has 10 rings (SSSR count). The van der Waals surface area contributed by atoms with Crippen LogP contribution in [0.1, 0.15) is 0 Å². The Balaban J connectivity index is 1.78. The molecule has 0 aliphatic carbocycles. The van der Waals surface area contributed by atoms with Crippen LogP contribution in [0.15, 0.2) is 89.3 Å². The SMILES string of the molecule is c1cc2c3c(c4sccc4n2c1)c1c(c2sccc2n2cccc12)c1c3c2sccc2n2cccc12. The van der Waals surface area contributed by atoms with E-state index in [1.807, 2.05) is 34.0 Å². The molecule has 0 saturated carbocycles. The molecule has 0 atom stereocenters. The molecule has 36 heavy (non-hydrogen) atoms. The van der Waals surface area contributed by atoms with Gasteiger partial charge in [0.15, 0.2) is 0 Å². The second-order valence-corrected chi connectivity index (χ2v) is 12.2. The number of hydrogen-bond donors (Lipinski definition) is 0. The maximum absolute atomic E-state index is 2.39. The standard InChI is InChI=1S/C30H15N3S3/c1-4-16-22-25(28-19(7-13-34-28)31(16)10-1)23-17-5-2-12-33(17)21-9-15-36-30(21)27(23)24-18-6-3-11-32(18)20-8-14-35-29(20)26(22)24/h1-15H. The molecule has 0 fully saturated rings. The summed E-state index contributed by atoms with van der Waals surface area (Å²) in [6.45, 7) is 0. The zero-order valence-corrected chi connectivity index (χ0v) is 21.2. The molecule has 10 aromatic rings. The minimum Gasteiger partial charge on any atom is -0.315 e. The van der Waals surface area contributed by atoms with E-state index in [0.717, 1.165) is 0 Å². The van der Waals surface area contributed by atoms with Crippen molar-refractivity contribution >= 4 is 114 Å². The van der Waals surface area contributed by atoms with Crippen LogP contribution in [0.4, 0.5) is 0 Å². The van der Waals surface area contributed by atoms with Gasteiger partial charge in [0.05, 0.1) is 47.2 Å². The molecule has 0 aliphatic rings. The van der Waals surface area contributed by atoms with E-state index in [1.54, 1.807) is 0 Å². The first-order valence-corrected chi connectivity index (χ1v) is 14.6. The summed E-state index contributed by atoms with van der Waals surface area (Å²) < 4.78 is 11.2. The minimum absolute atomic E-state index is 1.28. The predicted octanol–water partition coefficient (Wildman–Crippen LogP) is 9.55. The molecule has 9 heterocycles. The lowest BCUT2D eigenvalue weighted by Crippen LogP contribution is -1.95. The molecule has 168 valence electrons. The van der Waals surface area contributed by atoms with E-state index in [-0.39, 0.29) is 0 Å². The molecule has 0 bridgehead atoms. The fourth-order valence-corrected chi connectivity index (χ4v) is 9.45. The van der Waals surface area contributed by atoms with Crippen molar-refractivity contribution in [2.45, 2.75) is 0 Å². The van der Waals surface area contributed by atoms with Gasteiger partial charge < -0.3 is 13.2 Å². The van der Waals surface area contributed by atoms with E-state index < -0.39 is 0 Å². The van der Waals surface area contributed by atoms with Gasteiger partial charge in [0, 0.05) is 50.9 Å². The highest BCUT2D eigenvalue weighted by atomic mass is 32.1. The Morgan fingerprint density at radius 3 is 1.03 bits per heavy atom. The van der Waals surface area contributed by atoms with Crippen LogP contribution in [-0.2, 0) is 0 Å². The van der Waals surface area contributed by atoms with Gasteiger partial charge in [0.2, 0.25) is 0 Å². The van der Waals surface area contributed by atoms with E-state index in [0.29, 0.717) is 0 Å². The number of rotatable bonds is 0. The third kappa shape index (κ3) is 1.90. The average Bonchev–Trinajstić information content (AvgIpc) is 3.73. The van der Waals surface area contributed by atoms with Crippen molar-refractivity contribution in [1.29, 1.82) is 0 Å². The maximum atomic E-state index is 2.39. The van der Waals surface area contributed by atoms with Gasteiger partial charge in [-0.1, -0.05) is 0 Å². The summed E-state index contributed by atoms with van der Waals surface area (Å²) in [5, 5.41) is 15.0. The number of hydrogen-bond acceptors (Lipinski definition) is 3. The topological polar surface area (TPSA) is 13.2 Å². The molecule has 3 nitrogen and oxygen atoms in total. The van der Waals surface area contributed by atoms with Gasteiger partial charge in [-0.25, -0.2) is 0 Å². The summed E-state index contributed by atoms with van der Waals surface area (Å²) in [7, 11) is 0. The van der Waals surface area contributed by atoms with Gasteiger partial charge in [0.1, 0.15) is 0 Å². The number of benzene rings is 1. The smallest absolute Gasteiger partial charge is 0.0642 e. The van der Waals surface area contributed by atoms with Gasteiger partial charge in [-0.15, -0.1) is 34.0 Å². The Kier molecular flexibility index (Phi) is 3.12. The zero-order chi connectivity index (χ0) is 23.1. The first kappa shape index (κ1) is 18.4. The molecule has 0 aliphatic heterocycles. The van der Waals surface area contributed by atoms with Crippen LogP contribution in [0, 0.1) is 0 Å². The van der Waals surface area contributed by atoms with Crippen molar-refractivity contribution in [2.75, 3.05) is 0 Å². The Labute approximate surface area is 215 Å². The van der Waals surface area contributed by atoms with E-state index in [1.165, 1.54) is 79.5 Å². The van der Waals surface area contributed by atoms with Gasteiger partial charge in [-0.2, -0.15) is 0 Å². The minimum atomic E-state index is 1.28. The molecular formula is C30H15N3S3. The van der Waals surface area contributed by atoms with Crippen LogP contribution in [0.25, 0.3) is 79.5 Å². The maximum Gasteiger partial charge on any atom is 0.0642 e. The van der Waals surface area contributed by atoms with Crippen molar-refractivity contribution in [1.82, 2.24) is 13.2 Å². The largest absolute Gasteiger partial charge is 0.315 e. The van der Waals surface area contributed by atoms with Crippen LogP contribution >= 0.6 is 34.0 Å². The molecule has 9 aromatic heterocycles. The lowest BCUT2D eigenvalue weighted by Gasteiger charge is -2.18. The third-order valence-electron chi connectivity index (χ3n) is 7.91. The lowest BCUT2D eigenvalue weighted by molar-refractivity contribution is 1.29. The zero-order valence-electron chi connectivity index (χ0n) is 18.7. The fraction of sp³-hybridized carbons (Fsp3) is 0. The monoisotopic (exact) mass is 513 g/mol. The number of aromatic nitrogens is 3.